The molecule has 0 amide bonds. The standard InChI is InChI=1S/C14H22N6S/c1-18(2)4-5-19-6-8-20(9-7-19)12-11-3-10-21-13(11)17-14(15)16-12/h3,10H,4-9H2,1-2H3,(H2,15,16,17). The fourth-order valence-corrected chi connectivity index (χ4v) is 3.39. The Morgan fingerprint density at radius 1 is 1.24 bits per heavy atom. The largest absolute Gasteiger partial charge is 0.368 e. The van der Waals surface area contributed by atoms with Crippen LogP contribution in [0.25, 0.3) is 10.2 Å². The van der Waals surface area contributed by atoms with Gasteiger partial charge in [-0.25, -0.2) is 4.98 Å². The van der Waals surface area contributed by atoms with Crippen molar-refractivity contribution in [1.82, 2.24) is 19.8 Å². The van der Waals surface area contributed by atoms with Crippen LogP contribution in [0.15, 0.2) is 11.4 Å². The highest BCUT2D eigenvalue weighted by Gasteiger charge is 2.20. The van der Waals surface area contributed by atoms with Gasteiger partial charge in [0.25, 0.3) is 0 Å². The lowest BCUT2D eigenvalue weighted by molar-refractivity contribution is 0.229. The summed E-state index contributed by atoms with van der Waals surface area (Å²) in [6, 6.07) is 2.09. The average Bonchev–Trinajstić information content (AvgIpc) is 2.93. The lowest BCUT2D eigenvalue weighted by Gasteiger charge is -2.36. The zero-order valence-electron chi connectivity index (χ0n) is 12.6. The van der Waals surface area contributed by atoms with Crippen LogP contribution in [0.4, 0.5) is 11.8 Å². The summed E-state index contributed by atoms with van der Waals surface area (Å²) >= 11 is 1.62. The monoisotopic (exact) mass is 306 g/mol. The summed E-state index contributed by atoms with van der Waals surface area (Å²) in [6.45, 7) is 6.37. The second-order valence-corrected chi connectivity index (χ2v) is 6.57. The minimum Gasteiger partial charge on any atom is -0.368 e. The van der Waals surface area contributed by atoms with Gasteiger partial charge in [0, 0.05) is 39.3 Å². The van der Waals surface area contributed by atoms with Crippen molar-refractivity contribution in [3.63, 3.8) is 0 Å². The maximum atomic E-state index is 5.84. The first kappa shape index (κ1) is 14.5. The predicted octanol–water partition coefficient (Wildman–Crippen LogP) is 0.957. The Bertz CT molecular complexity index is 603. The van der Waals surface area contributed by atoms with Crippen molar-refractivity contribution in [3.05, 3.63) is 11.4 Å². The normalized spacial score (nSPS) is 17.0. The molecule has 1 aliphatic rings. The molecule has 2 aromatic rings. The van der Waals surface area contributed by atoms with Crippen LogP contribution in [0, 0.1) is 0 Å². The maximum Gasteiger partial charge on any atom is 0.223 e. The van der Waals surface area contributed by atoms with Crippen LogP contribution in [0.2, 0.25) is 0 Å². The van der Waals surface area contributed by atoms with E-state index in [1.54, 1.807) is 11.3 Å². The van der Waals surface area contributed by atoms with Crippen LogP contribution in [-0.2, 0) is 0 Å². The molecular formula is C14H22N6S. The van der Waals surface area contributed by atoms with E-state index < -0.39 is 0 Å². The van der Waals surface area contributed by atoms with Gasteiger partial charge in [0.15, 0.2) is 0 Å². The Labute approximate surface area is 129 Å². The Kier molecular flexibility index (Phi) is 4.23. The number of piperazine rings is 1. The third-order valence-corrected chi connectivity index (χ3v) is 4.66. The lowest BCUT2D eigenvalue weighted by atomic mass is 10.2. The van der Waals surface area contributed by atoms with Gasteiger partial charge in [0.1, 0.15) is 10.6 Å². The predicted molar refractivity (Wildman–Crippen MR) is 89.0 cm³/mol. The molecule has 1 saturated heterocycles. The molecule has 0 spiro atoms. The molecule has 1 fully saturated rings. The third kappa shape index (κ3) is 3.25. The van der Waals surface area contributed by atoms with Gasteiger partial charge in [-0.15, -0.1) is 11.3 Å². The molecule has 0 saturated carbocycles. The number of fused-ring (bicyclic) bond motifs is 1. The first-order chi connectivity index (χ1) is 10.1. The Balaban J connectivity index is 1.69. The average molecular weight is 306 g/mol. The summed E-state index contributed by atoms with van der Waals surface area (Å²) in [7, 11) is 4.24. The minimum absolute atomic E-state index is 0.370. The number of nitrogens with two attached hydrogens (primary N) is 1. The lowest BCUT2D eigenvalue weighted by Crippen LogP contribution is -2.48. The van der Waals surface area contributed by atoms with Gasteiger partial charge in [0.05, 0.1) is 5.39 Å². The van der Waals surface area contributed by atoms with Gasteiger partial charge in [-0.1, -0.05) is 0 Å². The van der Waals surface area contributed by atoms with Crippen LogP contribution >= 0.6 is 11.3 Å². The fraction of sp³-hybridized carbons (Fsp3) is 0.571. The van der Waals surface area contributed by atoms with Gasteiger partial charge in [-0.05, 0) is 25.5 Å². The molecule has 0 bridgehead atoms. The van der Waals surface area contributed by atoms with Crippen LogP contribution in [-0.4, -0.2) is 73.1 Å². The topological polar surface area (TPSA) is 61.5 Å². The summed E-state index contributed by atoms with van der Waals surface area (Å²) in [4.78, 5) is 16.8. The molecule has 2 aromatic heterocycles. The Morgan fingerprint density at radius 2 is 2.00 bits per heavy atom. The number of aromatic nitrogens is 2. The summed E-state index contributed by atoms with van der Waals surface area (Å²) in [5.41, 5.74) is 5.84. The number of nitrogen functional groups attached to an aromatic ring is 1. The van der Waals surface area contributed by atoms with Gasteiger partial charge in [-0.3, -0.25) is 4.90 Å². The van der Waals surface area contributed by atoms with Crippen molar-refractivity contribution < 1.29 is 0 Å². The van der Waals surface area contributed by atoms with Crippen LogP contribution in [0.1, 0.15) is 0 Å². The Morgan fingerprint density at radius 3 is 2.71 bits per heavy atom. The second kappa shape index (κ2) is 6.13. The first-order valence-corrected chi connectivity index (χ1v) is 8.14. The molecule has 2 N–H and O–H groups in total. The minimum atomic E-state index is 0.370. The number of anilines is 2. The highest BCUT2D eigenvalue weighted by atomic mass is 32.1. The molecule has 114 valence electrons. The van der Waals surface area contributed by atoms with Crippen molar-refractivity contribution >= 4 is 33.3 Å². The van der Waals surface area contributed by atoms with Gasteiger partial charge in [-0.2, -0.15) is 4.98 Å². The molecule has 3 rings (SSSR count). The number of nitrogens with zero attached hydrogens (tertiary/aromatic N) is 5. The van der Waals surface area contributed by atoms with Gasteiger partial charge < -0.3 is 15.5 Å². The van der Waals surface area contributed by atoms with E-state index >= 15 is 0 Å². The van der Waals surface area contributed by atoms with Crippen molar-refractivity contribution in [3.8, 4) is 0 Å². The van der Waals surface area contributed by atoms with Crippen LogP contribution in [0.5, 0.6) is 0 Å². The third-order valence-electron chi connectivity index (χ3n) is 3.86. The maximum absolute atomic E-state index is 5.84. The number of likely N-dealkylation sites (N-methyl/N-ethyl adjacent to an activating group) is 1. The number of hydrogen-bond donors (Lipinski definition) is 1. The zero-order chi connectivity index (χ0) is 14.8. The van der Waals surface area contributed by atoms with Crippen LogP contribution < -0.4 is 10.6 Å². The molecule has 0 atom stereocenters. The van der Waals surface area contributed by atoms with E-state index in [2.05, 4.69) is 50.2 Å². The van der Waals surface area contributed by atoms with Crippen molar-refractivity contribution in [2.75, 3.05) is 64.0 Å². The molecule has 21 heavy (non-hydrogen) atoms. The van der Waals surface area contributed by atoms with Crippen LogP contribution in [0.3, 0.4) is 0 Å². The van der Waals surface area contributed by atoms with Crippen molar-refractivity contribution in [2.45, 2.75) is 0 Å². The molecule has 0 unspecified atom stereocenters. The van der Waals surface area contributed by atoms with E-state index in [0.29, 0.717) is 5.95 Å². The van der Waals surface area contributed by atoms with E-state index in [4.69, 9.17) is 5.73 Å². The van der Waals surface area contributed by atoms with E-state index in [1.165, 1.54) is 0 Å². The van der Waals surface area contributed by atoms with Crippen molar-refractivity contribution in [1.29, 1.82) is 0 Å². The molecule has 0 aromatic carbocycles. The second-order valence-electron chi connectivity index (χ2n) is 5.68. The SMILES string of the molecule is CN(C)CCN1CCN(c2nc(N)nc3sccc23)CC1. The molecule has 6 nitrogen and oxygen atoms in total. The van der Waals surface area contributed by atoms with Gasteiger partial charge in [0.2, 0.25) is 5.95 Å². The molecule has 0 aliphatic carbocycles. The number of thiophene rings is 1. The summed E-state index contributed by atoms with van der Waals surface area (Å²) in [5, 5.41) is 3.17. The van der Waals surface area contributed by atoms with E-state index in [9.17, 15) is 0 Å². The fourth-order valence-electron chi connectivity index (χ4n) is 2.62. The Hall–Kier alpha value is -1.44. The van der Waals surface area contributed by atoms with E-state index in [1.807, 2.05) is 0 Å². The molecule has 7 heteroatoms. The summed E-state index contributed by atoms with van der Waals surface area (Å²) < 4.78 is 0. The number of rotatable bonds is 4. The highest BCUT2D eigenvalue weighted by Crippen LogP contribution is 2.28. The number of hydrogen-bond acceptors (Lipinski definition) is 7. The highest BCUT2D eigenvalue weighted by molar-refractivity contribution is 7.16. The molecule has 1 aliphatic heterocycles. The van der Waals surface area contributed by atoms with Gasteiger partial charge >= 0.3 is 0 Å². The quantitative estimate of drug-likeness (QED) is 0.908. The molecule has 3 heterocycles. The molecule has 0 radical (unpaired) electrons. The van der Waals surface area contributed by atoms with E-state index in [-0.39, 0.29) is 0 Å². The zero-order valence-corrected chi connectivity index (χ0v) is 13.4. The van der Waals surface area contributed by atoms with Crippen molar-refractivity contribution in [2.24, 2.45) is 0 Å². The molecular weight excluding hydrogens is 284 g/mol. The summed E-state index contributed by atoms with van der Waals surface area (Å²) in [5.74, 6) is 1.36. The smallest absolute Gasteiger partial charge is 0.223 e. The first-order valence-electron chi connectivity index (χ1n) is 7.26. The summed E-state index contributed by atoms with van der Waals surface area (Å²) in [6.07, 6.45) is 0. The van der Waals surface area contributed by atoms with E-state index in [0.717, 1.165) is 55.3 Å².